The van der Waals surface area contributed by atoms with Gasteiger partial charge in [0, 0.05) is 10.7 Å². The van der Waals surface area contributed by atoms with E-state index in [-0.39, 0.29) is 0 Å². The fraction of sp³-hybridized carbons (Fsp3) is 0.0625. The van der Waals surface area contributed by atoms with E-state index >= 15 is 0 Å². The summed E-state index contributed by atoms with van der Waals surface area (Å²) in [6, 6.07) is 17.9. The van der Waals surface area contributed by atoms with Gasteiger partial charge in [0.15, 0.2) is 5.13 Å². The minimum Gasteiger partial charge on any atom is -0.331 e. The number of rotatable bonds is 3. The number of nitrogens with zero attached hydrogens (tertiary/aromatic N) is 1. The van der Waals surface area contributed by atoms with Crippen LogP contribution in [0, 0.1) is 6.92 Å². The largest absolute Gasteiger partial charge is 0.331 e. The molecule has 0 fully saturated rings. The van der Waals surface area contributed by atoms with E-state index < -0.39 is 0 Å². The molecule has 1 heterocycles. The lowest BCUT2D eigenvalue weighted by molar-refractivity contribution is 1.26. The van der Waals surface area contributed by atoms with E-state index in [2.05, 4.69) is 22.4 Å². The molecule has 0 unspecified atom stereocenters. The first-order valence-electron chi connectivity index (χ1n) is 6.28. The Morgan fingerprint density at radius 2 is 1.85 bits per heavy atom. The van der Waals surface area contributed by atoms with E-state index in [9.17, 15) is 0 Å². The molecular formula is C16H13ClN2S. The van der Waals surface area contributed by atoms with Crippen molar-refractivity contribution < 1.29 is 0 Å². The van der Waals surface area contributed by atoms with Crippen molar-refractivity contribution in [3.63, 3.8) is 0 Å². The summed E-state index contributed by atoms with van der Waals surface area (Å²) in [5.74, 6) is 0. The van der Waals surface area contributed by atoms with Crippen molar-refractivity contribution in [3.05, 3.63) is 65.3 Å². The standard InChI is InChI=1S/C16H13ClN2S/c1-11-15(12-6-3-2-4-7-12)20-16(18-11)19-14-9-5-8-13(17)10-14/h2-10H,1H3,(H,18,19). The van der Waals surface area contributed by atoms with Crippen molar-refractivity contribution in [3.8, 4) is 10.4 Å². The topological polar surface area (TPSA) is 24.9 Å². The zero-order valence-electron chi connectivity index (χ0n) is 10.9. The summed E-state index contributed by atoms with van der Waals surface area (Å²) >= 11 is 7.63. The lowest BCUT2D eigenvalue weighted by Crippen LogP contribution is -1.88. The Hall–Kier alpha value is -1.84. The van der Waals surface area contributed by atoms with Gasteiger partial charge in [-0.05, 0) is 30.7 Å². The molecule has 100 valence electrons. The van der Waals surface area contributed by atoms with Gasteiger partial charge in [0.2, 0.25) is 0 Å². The van der Waals surface area contributed by atoms with Gasteiger partial charge in [-0.2, -0.15) is 0 Å². The molecule has 0 aliphatic rings. The monoisotopic (exact) mass is 300 g/mol. The number of halogens is 1. The van der Waals surface area contributed by atoms with Gasteiger partial charge in [-0.15, -0.1) is 0 Å². The molecule has 0 bridgehead atoms. The number of anilines is 2. The van der Waals surface area contributed by atoms with Gasteiger partial charge in [-0.25, -0.2) is 4.98 Å². The van der Waals surface area contributed by atoms with Gasteiger partial charge in [0.1, 0.15) is 0 Å². The number of hydrogen-bond acceptors (Lipinski definition) is 3. The second-order valence-electron chi connectivity index (χ2n) is 4.43. The molecule has 3 rings (SSSR count). The Bertz CT molecular complexity index is 722. The fourth-order valence-electron chi connectivity index (χ4n) is 2.00. The number of thiazole rings is 1. The maximum Gasteiger partial charge on any atom is 0.187 e. The van der Waals surface area contributed by atoms with Crippen LogP contribution in [0.4, 0.5) is 10.8 Å². The molecule has 4 heteroatoms. The molecule has 2 nitrogen and oxygen atoms in total. The van der Waals surface area contributed by atoms with Crippen LogP contribution < -0.4 is 5.32 Å². The lowest BCUT2D eigenvalue weighted by atomic mass is 10.2. The Labute approximate surface area is 127 Å². The summed E-state index contributed by atoms with van der Waals surface area (Å²) in [7, 11) is 0. The van der Waals surface area contributed by atoms with E-state index in [0.29, 0.717) is 5.02 Å². The van der Waals surface area contributed by atoms with Crippen molar-refractivity contribution in [1.82, 2.24) is 4.98 Å². The molecular weight excluding hydrogens is 288 g/mol. The zero-order chi connectivity index (χ0) is 13.9. The van der Waals surface area contributed by atoms with E-state index in [1.165, 1.54) is 10.4 Å². The van der Waals surface area contributed by atoms with Crippen LogP contribution >= 0.6 is 22.9 Å². The third-order valence-electron chi connectivity index (χ3n) is 2.91. The number of nitrogens with one attached hydrogen (secondary N) is 1. The first-order valence-corrected chi connectivity index (χ1v) is 7.47. The SMILES string of the molecule is Cc1nc(Nc2cccc(Cl)c2)sc1-c1ccccc1. The Kier molecular flexibility index (Phi) is 3.72. The maximum absolute atomic E-state index is 5.99. The van der Waals surface area contributed by atoms with E-state index in [1.807, 2.05) is 49.4 Å². The highest BCUT2D eigenvalue weighted by molar-refractivity contribution is 7.19. The molecule has 20 heavy (non-hydrogen) atoms. The second kappa shape index (κ2) is 5.65. The number of benzene rings is 2. The molecule has 3 aromatic rings. The van der Waals surface area contributed by atoms with Gasteiger partial charge in [0.25, 0.3) is 0 Å². The summed E-state index contributed by atoms with van der Waals surface area (Å²) in [5, 5.41) is 4.89. The molecule has 0 aliphatic heterocycles. The van der Waals surface area contributed by atoms with Crippen LogP contribution in [-0.2, 0) is 0 Å². The van der Waals surface area contributed by atoms with Crippen LogP contribution in [0.3, 0.4) is 0 Å². The minimum absolute atomic E-state index is 0.714. The number of hydrogen-bond donors (Lipinski definition) is 1. The van der Waals surface area contributed by atoms with Crippen molar-refractivity contribution >= 4 is 33.8 Å². The predicted octanol–water partition coefficient (Wildman–Crippen LogP) is 5.52. The smallest absolute Gasteiger partial charge is 0.187 e. The van der Waals surface area contributed by atoms with Crippen LogP contribution in [-0.4, -0.2) is 4.98 Å². The van der Waals surface area contributed by atoms with Crippen molar-refractivity contribution in [2.45, 2.75) is 6.92 Å². The van der Waals surface area contributed by atoms with Gasteiger partial charge in [0.05, 0.1) is 10.6 Å². The molecule has 0 saturated carbocycles. The Balaban J connectivity index is 1.90. The van der Waals surface area contributed by atoms with Crippen LogP contribution in [0.15, 0.2) is 54.6 Å². The molecule has 2 aromatic carbocycles. The van der Waals surface area contributed by atoms with Gasteiger partial charge in [-0.1, -0.05) is 59.3 Å². The first kappa shape index (κ1) is 13.2. The molecule has 0 saturated heterocycles. The lowest BCUT2D eigenvalue weighted by Gasteiger charge is -2.01. The Morgan fingerprint density at radius 3 is 2.60 bits per heavy atom. The normalized spacial score (nSPS) is 10.5. The highest BCUT2D eigenvalue weighted by atomic mass is 35.5. The van der Waals surface area contributed by atoms with Crippen LogP contribution in [0.25, 0.3) is 10.4 Å². The van der Waals surface area contributed by atoms with Crippen molar-refractivity contribution in [2.24, 2.45) is 0 Å². The molecule has 0 aliphatic carbocycles. The van der Waals surface area contributed by atoms with Crippen molar-refractivity contribution in [2.75, 3.05) is 5.32 Å². The average Bonchev–Trinajstić information content (AvgIpc) is 2.80. The first-order chi connectivity index (χ1) is 9.72. The average molecular weight is 301 g/mol. The van der Waals surface area contributed by atoms with E-state index in [1.54, 1.807) is 11.3 Å². The van der Waals surface area contributed by atoms with Gasteiger partial charge >= 0.3 is 0 Å². The number of aromatic nitrogens is 1. The second-order valence-corrected chi connectivity index (χ2v) is 5.87. The van der Waals surface area contributed by atoms with Gasteiger partial charge in [-0.3, -0.25) is 0 Å². The number of aryl methyl sites for hydroxylation is 1. The molecule has 1 aromatic heterocycles. The fourth-order valence-corrected chi connectivity index (χ4v) is 3.18. The van der Waals surface area contributed by atoms with Gasteiger partial charge < -0.3 is 5.32 Å². The highest BCUT2D eigenvalue weighted by Crippen LogP contribution is 2.34. The summed E-state index contributed by atoms with van der Waals surface area (Å²) < 4.78 is 0. The molecule has 0 radical (unpaired) electrons. The molecule has 1 N–H and O–H groups in total. The van der Waals surface area contributed by atoms with Crippen LogP contribution in [0.1, 0.15) is 5.69 Å². The summed E-state index contributed by atoms with van der Waals surface area (Å²) in [5.41, 5.74) is 3.18. The third-order valence-corrected chi connectivity index (χ3v) is 4.27. The predicted molar refractivity (Wildman–Crippen MR) is 87.0 cm³/mol. The summed E-state index contributed by atoms with van der Waals surface area (Å²) in [4.78, 5) is 5.77. The highest BCUT2D eigenvalue weighted by Gasteiger charge is 2.09. The third kappa shape index (κ3) is 2.84. The summed E-state index contributed by atoms with van der Waals surface area (Å²) in [6.07, 6.45) is 0. The minimum atomic E-state index is 0.714. The van der Waals surface area contributed by atoms with Crippen LogP contribution in [0.5, 0.6) is 0 Å². The van der Waals surface area contributed by atoms with Crippen molar-refractivity contribution in [1.29, 1.82) is 0 Å². The Morgan fingerprint density at radius 1 is 1.05 bits per heavy atom. The molecule has 0 amide bonds. The quantitative estimate of drug-likeness (QED) is 0.689. The zero-order valence-corrected chi connectivity index (χ0v) is 12.5. The van der Waals surface area contributed by atoms with Crippen LogP contribution in [0.2, 0.25) is 5.02 Å². The molecule has 0 atom stereocenters. The maximum atomic E-state index is 5.99. The van der Waals surface area contributed by atoms with E-state index in [0.717, 1.165) is 16.5 Å². The molecule has 0 spiro atoms. The van der Waals surface area contributed by atoms with E-state index in [4.69, 9.17) is 11.6 Å². The summed E-state index contributed by atoms with van der Waals surface area (Å²) in [6.45, 7) is 2.03.